The van der Waals surface area contributed by atoms with Gasteiger partial charge in [0.05, 0.1) is 11.3 Å². The Kier molecular flexibility index (Phi) is 6.08. The largest absolute Gasteiger partial charge is 0.338 e. The van der Waals surface area contributed by atoms with E-state index in [4.69, 9.17) is 0 Å². The molecule has 8 heteroatoms. The van der Waals surface area contributed by atoms with E-state index >= 15 is 0 Å². The molecule has 25 heavy (non-hydrogen) atoms. The molecule has 0 bridgehead atoms. The maximum absolute atomic E-state index is 12.6. The van der Waals surface area contributed by atoms with Crippen molar-refractivity contribution in [2.24, 2.45) is 11.8 Å². The lowest BCUT2D eigenvalue weighted by Gasteiger charge is -2.17. The van der Waals surface area contributed by atoms with Gasteiger partial charge in [0.25, 0.3) is 5.91 Å². The third kappa shape index (κ3) is 3.66. The van der Waals surface area contributed by atoms with Gasteiger partial charge >= 0.3 is 0 Å². The summed E-state index contributed by atoms with van der Waals surface area (Å²) in [6.07, 6.45) is 1.67. The van der Waals surface area contributed by atoms with E-state index in [1.54, 1.807) is 10.9 Å². The number of hydrogen-bond donors (Lipinski definition) is 1. The first-order valence-corrected chi connectivity index (χ1v) is 8.11. The number of rotatable bonds is 2. The number of nitrogens with zero attached hydrogens (tertiary/aromatic N) is 4. The molecule has 136 valence electrons. The van der Waals surface area contributed by atoms with Crippen molar-refractivity contribution in [2.75, 3.05) is 26.2 Å². The summed E-state index contributed by atoms with van der Waals surface area (Å²) in [7, 11) is 0. The van der Waals surface area contributed by atoms with Gasteiger partial charge in [-0.3, -0.25) is 4.79 Å². The van der Waals surface area contributed by atoms with Crippen LogP contribution in [0.5, 0.6) is 0 Å². The third-order valence-corrected chi connectivity index (χ3v) is 4.90. The highest BCUT2D eigenvalue weighted by Gasteiger charge is 2.38. The van der Waals surface area contributed by atoms with E-state index in [0.717, 1.165) is 43.4 Å². The summed E-state index contributed by atoms with van der Waals surface area (Å²) in [6.45, 7) is 7.73. The topological polar surface area (TPSA) is 63.1 Å². The number of fused-ring (bicyclic) bond motifs is 1. The maximum atomic E-state index is 12.6. The van der Waals surface area contributed by atoms with Crippen molar-refractivity contribution >= 4 is 30.7 Å². The lowest BCUT2D eigenvalue weighted by Crippen LogP contribution is -2.31. The van der Waals surface area contributed by atoms with Gasteiger partial charge in [-0.1, -0.05) is 0 Å². The number of carbonyl (C=O) groups excluding carboxylic acids is 1. The van der Waals surface area contributed by atoms with Gasteiger partial charge in [0.1, 0.15) is 0 Å². The van der Waals surface area contributed by atoms with Gasteiger partial charge in [0.2, 0.25) is 0 Å². The average molecular weight is 384 g/mol. The van der Waals surface area contributed by atoms with E-state index < -0.39 is 0 Å². The van der Waals surface area contributed by atoms with Crippen LogP contribution in [0.2, 0.25) is 0 Å². The molecule has 0 aliphatic carbocycles. The number of pyridine rings is 1. The van der Waals surface area contributed by atoms with Crippen molar-refractivity contribution in [3.63, 3.8) is 0 Å². The van der Waals surface area contributed by atoms with Gasteiger partial charge in [0, 0.05) is 38.1 Å². The first-order valence-electron chi connectivity index (χ1n) is 8.11. The molecule has 0 saturated carbocycles. The molecule has 2 aliphatic heterocycles. The quantitative estimate of drug-likeness (QED) is 0.861. The van der Waals surface area contributed by atoms with E-state index in [1.165, 1.54) is 0 Å². The Labute approximate surface area is 159 Å². The standard InChI is InChI=1S/C17H21N5O.2ClH/c1-11-5-12(2)22(20-11)16-4-3-13(8-19-16)17(23)21-9-14-6-18-7-15(14)10-21;;/h3-5,8,14-15,18H,6-7,9-10H2,1-2H3;2*1H/t14-,15+;;. The normalized spacial score (nSPS) is 21.4. The molecule has 2 saturated heterocycles. The Morgan fingerprint density at radius 2 is 1.84 bits per heavy atom. The molecule has 2 aliphatic rings. The number of nitrogens with one attached hydrogen (secondary N) is 1. The number of aromatic nitrogens is 3. The molecule has 2 atom stereocenters. The highest BCUT2D eigenvalue weighted by Crippen LogP contribution is 2.27. The molecular formula is C17H23Cl2N5O. The van der Waals surface area contributed by atoms with Crippen molar-refractivity contribution in [3.8, 4) is 5.82 Å². The molecule has 4 heterocycles. The summed E-state index contributed by atoms with van der Waals surface area (Å²) in [5.41, 5.74) is 2.65. The predicted molar refractivity (Wildman–Crippen MR) is 101 cm³/mol. The SMILES string of the molecule is Cc1cc(C)n(-c2ccc(C(=O)N3C[C@H]4CNC[C@H]4C3)cn2)n1.Cl.Cl. The summed E-state index contributed by atoms with van der Waals surface area (Å²) in [5.74, 6) is 2.06. The zero-order valence-corrected chi connectivity index (χ0v) is 15.9. The van der Waals surface area contributed by atoms with Crippen LogP contribution in [0.1, 0.15) is 21.7 Å². The third-order valence-electron chi connectivity index (χ3n) is 4.90. The summed E-state index contributed by atoms with van der Waals surface area (Å²) in [4.78, 5) is 19.0. The van der Waals surface area contributed by atoms with Crippen LogP contribution < -0.4 is 5.32 Å². The van der Waals surface area contributed by atoms with Gasteiger partial charge in [0.15, 0.2) is 5.82 Å². The number of aryl methyl sites for hydroxylation is 2. The predicted octanol–water partition coefficient (Wildman–Crippen LogP) is 2.02. The number of carbonyl (C=O) groups is 1. The Hall–Kier alpha value is -1.63. The minimum absolute atomic E-state index is 0. The van der Waals surface area contributed by atoms with Gasteiger partial charge in [-0.15, -0.1) is 24.8 Å². The minimum atomic E-state index is 0. The first kappa shape index (κ1) is 19.7. The number of hydrogen-bond acceptors (Lipinski definition) is 4. The molecule has 2 aromatic rings. The molecule has 0 unspecified atom stereocenters. The first-order chi connectivity index (χ1) is 11.1. The zero-order valence-electron chi connectivity index (χ0n) is 14.3. The Bertz CT molecular complexity index is 734. The number of likely N-dealkylation sites (tertiary alicyclic amines) is 1. The smallest absolute Gasteiger partial charge is 0.255 e. The van der Waals surface area contributed by atoms with Crippen LogP contribution in [0.15, 0.2) is 24.4 Å². The molecule has 1 amide bonds. The van der Waals surface area contributed by atoms with Crippen LogP contribution in [0.25, 0.3) is 5.82 Å². The van der Waals surface area contributed by atoms with E-state index in [-0.39, 0.29) is 30.7 Å². The molecule has 2 fully saturated rings. The fraction of sp³-hybridized carbons (Fsp3) is 0.471. The lowest BCUT2D eigenvalue weighted by atomic mass is 10.0. The van der Waals surface area contributed by atoms with Crippen molar-refractivity contribution in [1.82, 2.24) is 25.0 Å². The Morgan fingerprint density at radius 3 is 2.36 bits per heavy atom. The summed E-state index contributed by atoms with van der Waals surface area (Å²) in [6, 6.07) is 5.73. The fourth-order valence-corrected chi connectivity index (χ4v) is 3.70. The Balaban J connectivity index is 0.00000113. The van der Waals surface area contributed by atoms with Crippen molar-refractivity contribution in [1.29, 1.82) is 0 Å². The summed E-state index contributed by atoms with van der Waals surface area (Å²) < 4.78 is 1.80. The molecule has 1 N–H and O–H groups in total. The molecular weight excluding hydrogens is 361 g/mol. The molecule has 4 rings (SSSR count). The average Bonchev–Trinajstić information content (AvgIpc) is 3.21. The van der Waals surface area contributed by atoms with Crippen LogP contribution in [0, 0.1) is 25.7 Å². The van der Waals surface area contributed by atoms with Gasteiger partial charge in [-0.25, -0.2) is 9.67 Å². The lowest BCUT2D eigenvalue weighted by molar-refractivity contribution is 0.0781. The fourth-order valence-electron chi connectivity index (χ4n) is 3.70. The minimum Gasteiger partial charge on any atom is -0.338 e. The highest BCUT2D eigenvalue weighted by atomic mass is 35.5. The van der Waals surface area contributed by atoms with E-state index in [2.05, 4.69) is 15.4 Å². The van der Waals surface area contributed by atoms with Crippen LogP contribution in [0.3, 0.4) is 0 Å². The molecule has 0 aromatic carbocycles. The van der Waals surface area contributed by atoms with Gasteiger partial charge in [-0.05, 0) is 43.9 Å². The Morgan fingerprint density at radius 1 is 1.16 bits per heavy atom. The number of halogens is 2. The second kappa shape index (κ2) is 7.72. The van der Waals surface area contributed by atoms with Crippen molar-refractivity contribution in [2.45, 2.75) is 13.8 Å². The van der Waals surface area contributed by atoms with Crippen LogP contribution in [-0.2, 0) is 0 Å². The molecule has 2 aromatic heterocycles. The van der Waals surface area contributed by atoms with Crippen LogP contribution in [0.4, 0.5) is 0 Å². The van der Waals surface area contributed by atoms with Crippen molar-refractivity contribution in [3.05, 3.63) is 41.3 Å². The van der Waals surface area contributed by atoms with E-state index in [9.17, 15) is 4.79 Å². The summed E-state index contributed by atoms with van der Waals surface area (Å²) in [5, 5.41) is 7.82. The monoisotopic (exact) mass is 383 g/mol. The zero-order chi connectivity index (χ0) is 16.0. The summed E-state index contributed by atoms with van der Waals surface area (Å²) >= 11 is 0. The second-order valence-electron chi connectivity index (χ2n) is 6.63. The van der Waals surface area contributed by atoms with E-state index in [1.807, 2.05) is 36.9 Å². The van der Waals surface area contributed by atoms with Crippen LogP contribution >= 0.6 is 24.8 Å². The van der Waals surface area contributed by atoms with Crippen molar-refractivity contribution < 1.29 is 4.79 Å². The molecule has 0 radical (unpaired) electrons. The van der Waals surface area contributed by atoms with E-state index in [0.29, 0.717) is 17.4 Å². The van der Waals surface area contributed by atoms with Gasteiger partial charge < -0.3 is 10.2 Å². The maximum Gasteiger partial charge on any atom is 0.255 e. The van der Waals surface area contributed by atoms with Gasteiger partial charge in [-0.2, -0.15) is 5.10 Å². The molecule has 6 nitrogen and oxygen atoms in total. The second-order valence-corrected chi connectivity index (χ2v) is 6.63. The van der Waals surface area contributed by atoms with Crippen LogP contribution in [-0.4, -0.2) is 51.8 Å². The number of amides is 1. The molecule has 0 spiro atoms. The highest BCUT2D eigenvalue weighted by molar-refractivity contribution is 5.94.